The summed E-state index contributed by atoms with van der Waals surface area (Å²) >= 11 is 0. The summed E-state index contributed by atoms with van der Waals surface area (Å²) in [7, 11) is 0. The van der Waals surface area contributed by atoms with E-state index in [1.807, 2.05) is 27.7 Å². The van der Waals surface area contributed by atoms with Crippen LogP contribution < -0.4 is 5.32 Å². The van der Waals surface area contributed by atoms with Crippen molar-refractivity contribution >= 4 is 0 Å². The number of nitrogens with one attached hydrogen (secondary N) is 1. The van der Waals surface area contributed by atoms with Crippen LogP contribution in [0.5, 0.6) is 0 Å². The van der Waals surface area contributed by atoms with Gasteiger partial charge in [0, 0.05) is 12.0 Å². The van der Waals surface area contributed by atoms with Gasteiger partial charge < -0.3 is 5.11 Å². The fourth-order valence-corrected chi connectivity index (χ4v) is 0.881. The zero-order chi connectivity index (χ0) is 9.07. The average molecular weight is 157 g/mol. The molecule has 0 radical (unpaired) electrons. The lowest BCUT2D eigenvalue weighted by molar-refractivity contribution is 0.106. The SMILES string of the molecule is C=C(C)CC(O)NC(C)(C)C. The minimum absolute atomic E-state index is 0.0329. The van der Waals surface area contributed by atoms with E-state index in [1.54, 1.807) is 0 Å². The molecule has 0 aliphatic carbocycles. The summed E-state index contributed by atoms with van der Waals surface area (Å²) in [4.78, 5) is 0. The van der Waals surface area contributed by atoms with E-state index in [0.717, 1.165) is 5.57 Å². The first-order chi connectivity index (χ1) is 4.81. The van der Waals surface area contributed by atoms with Gasteiger partial charge in [0.15, 0.2) is 0 Å². The maximum absolute atomic E-state index is 9.38. The van der Waals surface area contributed by atoms with Gasteiger partial charge in [0.2, 0.25) is 0 Å². The highest BCUT2D eigenvalue weighted by atomic mass is 16.3. The number of aliphatic hydroxyl groups excluding tert-OH is 1. The van der Waals surface area contributed by atoms with Crippen molar-refractivity contribution in [2.24, 2.45) is 0 Å². The minimum atomic E-state index is -0.465. The summed E-state index contributed by atoms with van der Waals surface area (Å²) in [6.45, 7) is 11.7. The number of hydrogen-bond acceptors (Lipinski definition) is 2. The molecule has 2 heteroatoms. The van der Waals surface area contributed by atoms with Crippen molar-refractivity contribution in [1.82, 2.24) is 5.32 Å². The van der Waals surface area contributed by atoms with E-state index in [9.17, 15) is 5.11 Å². The van der Waals surface area contributed by atoms with E-state index in [2.05, 4.69) is 11.9 Å². The molecule has 0 saturated carbocycles. The van der Waals surface area contributed by atoms with Crippen molar-refractivity contribution in [3.05, 3.63) is 12.2 Å². The molecule has 0 saturated heterocycles. The highest BCUT2D eigenvalue weighted by Gasteiger charge is 2.13. The van der Waals surface area contributed by atoms with Gasteiger partial charge >= 0.3 is 0 Å². The lowest BCUT2D eigenvalue weighted by Crippen LogP contribution is -2.43. The molecule has 0 aliphatic rings. The molecule has 0 fully saturated rings. The summed E-state index contributed by atoms with van der Waals surface area (Å²) in [5.41, 5.74) is 0.962. The van der Waals surface area contributed by atoms with Crippen LogP contribution in [0.25, 0.3) is 0 Å². The van der Waals surface area contributed by atoms with Crippen LogP contribution in [0.15, 0.2) is 12.2 Å². The predicted octanol–water partition coefficient (Wildman–Crippen LogP) is 1.66. The third-order valence-corrected chi connectivity index (χ3v) is 1.14. The monoisotopic (exact) mass is 157 g/mol. The van der Waals surface area contributed by atoms with Crippen LogP contribution in [0.2, 0.25) is 0 Å². The van der Waals surface area contributed by atoms with Gasteiger partial charge in [0.1, 0.15) is 6.23 Å². The summed E-state index contributed by atoms with van der Waals surface area (Å²) in [6.07, 6.45) is 0.157. The van der Waals surface area contributed by atoms with E-state index in [1.165, 1.54) is 0 Å². The highest BCUT2D eigenvalue weighted by Crippen LogP contribution is 2.05. The smallest absolute Gasteiger partial charge is 0.109 e. The molecule has 0 amide bonds. The third-order valence-electron chi connectivity index (χ3n) is 1.14. The average Bonchev–Trinajstić information content (AvgIpc) is 1.53. The van der Waals surface area contributed by atoms with Gasteiger partial charge in [-0.25, -0.2) is 0 Å². The third kappa shape index (κ3) is 7.56. The maximum atomic E-state index is 9.38. The van der Waals surface area contributed by atoms with Crippen molar-refractivity contribution in [2.75, 3.05) is 0 Å². The van der Waals surface area contributed by atoms with Crippen molar-refractivity contribution in [2.45, 2.75) is 45.9 Å². The molecule has 1 unspecified atom stereocenters. The Morgan fingerprint density at radius 3 is 2.27 bits per heavy atom. The van der Waals surface area contributed by atoms with Crippen molar-refractivity contribution in [3.8, 4) is 0 Å². The number of rotatable bonds is 3. The van der Waals surface area contributed by atoms with Crippen LogP contribution in [0, 0.1) is 0 Å². The molecule has 66 valence electrons. The Labute approximate surface area is 69.3 Å². The van der Waals surface area contributed by atoms with Crippen molar-refractivity contribution in [1.29, 1.82) is 0 Å². The standard InChI is InChI=1S/C9H19NO/c1-7(2)6-8(11)10-9(3,4)5/h8,10-11H,1,6H2,2-5H3. The van der Waals surface area contributed by atoms with Gasteiger partial charge in [-0.05, 0) is 27.7 Å². The molecule has 0 aromatic rings. The molecule has 0 aromatic carbocycles. The lowest BCUT2D eigenvalue weighted by Gasteiger charge is -2.25. The topological polar surface area (TPSA) is 32.3 Å². The highest BCUT2D eigenvalue weighted by molar-refractivity contribution is 4.91. The van der Waals surface area contributed by atoms with Crippen molar-refractivity contribution in [3.63, 3.8) is 0 Å². The molecular formula is C9H19NO. The second kappa shape index (κ2) is 3.88. The van der Waals surface area contributed by atoms with Crippen LogP contribution in [0.4, 0.5) is 0 Å². The van der Waals surface area contributed by atoms with Gasteiger partial charge in [-0.2, -0.15) is 0 Å². The molecule has 2 N–H and O–H groups in total. The molecule has 1 atom stereocenters. The van der Waals surface area contributed by atoms with Gasteiger partial charge in [0.25, 0.3) is 0 Å². The quantitative estimate of drug-likeness (QED) is 0.482. The van der Waals surface area contributed by atoms with Gasteiger partial charge in [0.05, 0.1) is 0 Å². The number of hydrogen-bond donors (Lipinski definition) is 2. The van der Waals surface area contributed by atoms with Gasteiger partial charge in [-0.3, -0.25) is 5.32 Å². The largest absolute Gasteiger partial charge is 0.378 e. The van der Waals surface area contributed by atoms with E-state index < -0.39 is 6.23 Å². The lowest BCUT2D eigenvalue weighted by atomic mass is 10.1. The minimum Gasteiger partial charge on any atom is -0.378 e. The first-order valence-corrected chi connectivity index (χ1v) is 3.91. The van der Waals surface area contributed by atoms with Gasteiger partial charge in [-0.1, -0.05) is 12.2 Å². The first-order valence-electron chi connectivity index (χ1n) is 3.91. The molecule has 0 aromatic heterocycles. The summed E-state index contributed by atoms with van der Waals surface area (Å²) in [5, 5.41) is 12.4. The number of aliphatic hydroxyl groups is 1. The van der Waals surface area contributed by atoms with Gasteiger partial charge in [-0.15, -0.1) is 0 Å². The zero-order valence-electron chi connectivity index (χ0n) is 7.94. The second-order valence-corrected chi connectivity index (χ2v) is 4.07. The van der Waals surface area contributed by atoms with Crippen LogP contribution >= 0.6 is 0 Å². The van der Waals surface area contributed by atoms with Crippen LogP contribution in [0.1, 0.15) is 34.1 Å². The Kier molecular flexibility index (Phi) is 3.76. The summed E-state index contributed by atoms with van der Waals surface area (Å²) in [6, 6.07) is 0. The predicted molar refractivity (Wildman–Crippen MR) is 48.3 cm³/mol. The Morgan fingerprint density at radius 1 is 1.55 bits per heavy atom. The molecule has 0 aliphatic heterocycles. The second-order valence-electron chi connectivity index (χ2n) is 4.07. The first kappa shape index (κ1) is 10.7. The van der Waals surface area contributed by atoms with Crippen LogP contribution in [0.3, 0.4) is 0 Å². The van der Waals surface area contributed by atoms with Crippen LogP contribution in [-0.2, 0) is 0 Å². The fraction of sp³-hybridized carbons (Fsp3) is 0.778. The van der Waals surface area contributed by atoms with Crippen LogP contribution in [-0.4, -0.2) is 16.9 Å². The van der Waals surface area contributed by atoms with E-state index in [0.29, 0.717) is 6.42 Å². The molecule has 0 heterocycles. The molecule has 0 bridgehead atoms. The molecule has 0 rings (SSSR count). The molecule has 11 heavy (non-hydrogen) atoms. The Hall–Kier alpha value is -0.340. The van der Waals surface area contributed by atoms with E-state index in [4.69, 9.17) is 0 Å². The fourth-order valence-electron chi connectivity index (χ4n) is 0.881. The van der Waals surface area contributed by atoms with Crippen molar-refractivity contribution < 1.29 is 5.11 Å². The normalized spacial score (nSPS) is 14.6. The zero-order valence-corrected chi connectivity index (χ0v) is 7.94. The summed E-state index contributed by atoms with van der Waals surface area (Å²) in [5.74, 6) is 0. The maximum Gasteiger partial charge on any atom is 0.109 e. The summed E-state index contributed by atoms with van der Waals surface area (Å²) < 4.78 is 0. The molecule has 0 spiro atoms. The molecular weight excluding hydrogens is 138 g/mol. The Bertz CT molecular complexity index is 135. The Balaban J connectivity index is 3.69. The Morgan fingerprint density at radius 2 is 2.00 bits per heavy atom. The molecule has 2 nitrogen and oxygen atoms in total. The van der Waals surface area contributed by atoms with E-state index in [-0.39, 0.29) is 5.54 Å². The van der Waals surface area contributed by atoms with E-state index >= 15 is 0 Å².